The van der Waals surface area contributed by atoms with Crippen LogP contribution in [0, 0.1) is 10.1 Å². The maximum atomic E-state index is 12.4. The number of hydrogen-bond donors (Lipinski definition) is 0. The Bertz CT molecular complexity index is 778. The molecule has 2 rings (SSSR count). The molecule has 0 aliphatic rings. The minimum atomic E-state index is -3.56. The minimum Gasteiger partial charge on any atom is -0.259 e. The van der Waals surface area contributed by atoms with Crippen molar-refractivity contribution in [2.24, 2.45) is 0 Å². The lowest BCUT2D eigenvalue weighted by Crippen LogP contribution is -2.01. The molecule has 0 saturated carbocycles. The average molecular weight is 303 g/mol. The van der Waals surface area contributed by atoms with Crippen LogP contribution in [0.1, 0.15) is 12.5 Å². The zero-order chi connectivity index (χ0) is 15.5. The van der Waals surface area contributed by atoms with E-state index in [9.17, 15) is 18.5 Å². The van der Waals surface area contributed by atoms with Crippen LogP contribution in [0.3, 0.4) is 0 Å². The van der Waals surface area contributed by atoms with E-state index in [1.165, 1.54) is 37.3 Å². The second kappa shape index (κ2) is 5.88. The monoisotopic (exact) mass is 303 g/mol. The molecule has 2 aromatic rings. The number of hydrogen-bond acceptors (Lipinski definition) is 4. The number of nitro groups is 1. The summed E-state index contributed by atoms with van der Waals surface area (Å²) in [6.45, 7) is 1.38. The van der Waals surface area contributed by atoms with Crippen molar-refractivity contribution in [2.75, 3.05) is 0 Å². The molecule has 0 atom stereocenters. The van der Waals surface area contributed by atoms with Crippen molar-refractivity contribution < 1.29 is 13.3 Å². The lowest BCUT2D eigenvalue weighted by atomic mass is 10.2. The van der Waals surface area contributed by atoms with E-state index in [1.807, 2.05) is 0 Å². The smallest absolute Gasteiger partial charge is 0.243 e. The fraction of sp³-hybridized carbons (Fsp3) is 0.0667. The van der Waals surface area contributed by atoms with Gasteiger partial charge >= 0.3 is 0 Å². The zero-order valence-corrected chi connectivity index (χ0v) is 12.1. The lowest BCUT2D eigenvalue weighted by molar-refractivity contribution is -0.422. The van der Waals surface area contributed by atoms with Gasteiger partial charge in [0.15, 0.2) is 0 Å². The molecule has 0 aromatic heterocycles. The van der Waals surface area contributed by atoms with Gasteiger partial charge in [-0.1, -0.05) is 30.3 Å². The number of nitrogens with zero attached hydrogens (tertiary/aromatic N) is 1. The van der Waals surface area contributed by atoms with Crippen molar-refractivity contribution in [3.05, 3.63) is 76.0 Å². The predicted octanol–water partition coefficient (Wildman–Crippen LogP) is 3.16. The van der Waals surface area contributed by atoms with Gasteiger partial charge in [0, 0.05) is 13.0 Å². The molecule has 0 spiro atoms. The van der Waals surface area contributed by atoms with Gasteiger partial charge in [-0.3, -0.25) is 10.1 Å². The van der Waals surface area contributed by atoms with Crippen LogP contribution in [0.15, 0.2) is 70.1 Å². The third-order valence-corrected chi connectivity index (χ3v) is 4.69. The summed E-state index contributed by atoms with van der Waals surface area (Å²) in [6.07, 6.45) is 1.39. The van der Waals surface area contributed by atoms with Crippen LogP contribution in [0.2, 0.25) is 0 Å². The summed E-state index contributed by atoms with van der Waals surface area (Å²) in [7, 11) is -3.56. The Hall–Kier alpha value is -2.47. The highest BCUT2D eigenvalue weighted by Gasteiger charge is 2.16. The third kappa shape index (κ3) is 3.35. The minimum absolute atomic E-state index is 0.00586. The summed E-state index contributed by atoms with van der Waals surface area (Å²) in [5.74, 6) is 0. The summed E-state index contributed by atoms with van der Waals surface area (Å²) in [5.41, 5.74) is 0.574. The molecule has 0 saturated heterocycles. The Balaban J connectivity index is 2.36. The number of allylic oxidation sites excluding steroid dienone is 1. The van der Waals surface area contributed by atoms with Gasteiger partial charge in [-0.2, -0.15) is 0 Å². The van der Waals surface area contributed by atoms with Gasteiger partial charge in [0.05, 0.1) is 14.7 Å². The predicted molar refractivity (Wildman–Crippen MR) is 79.0 cm³/mol. The largest absolute Gasteiger partial charge is 0.259 e. The first kappa shape index (κ1) is 14.9. The Labute approximate surface area is 122 Å². The van der Waals surface area contributed by atoms with E-state index in [2.05, 4.69) is 0 Å². The summed E-state index contributed by atoms with van der Waals surface area (Å²) in [4.78, 5) is 10.4. The summed E-state index contributed by atoms with van der Waals surface area (Å²) in [5, 5.41) is 10.6. The molecule has 0 amide bonds. The maximum absolute atomic E-state index is 12.4. The fourth-order valence-corrected chi connectivity index (χ4v) is 3.05. The second-order valence-corrected chi connectivity index (χ2v) is 6.38. The van der Waals surface area contributed by atoms with E-state index in [4.69, 9.17) is 0 Å². The second-order valence-electron chi connectivity index (χ2n) is 4.43. The third-order valence-electron chi connectivity index (χ3n) is 2.91. The van der Waals surface area contributed by atoms with E-state index < -0.39 is 14.8 Å². The van der Waals surface area contributed by atoms with Crippen LogP contribution < -0.4 is 0 Å². The molecule has 6 heteroatoms. The molecule has 0 bridgehead atoms. The van der Waals surface area contributed by atoms with Gasteiger partial charge < -0.3 is 0 Å². The maximum Gasteiger partial charge on any atom is 0.243 e. The van der Waals surface area contributed by atoms with E-state index in [0.29, 0.717) is 5.56 Å². The van der Waals surface area contributed by atoms with Gasteiger partial charge in [-0.25, -0.2) is 8.42 Å². The molecule has 0 radical (unpaired) electrons. The molecule has 5 nitrogen and oxygen atoms in total. The van der Waals surface area contributed by atoms with E-state index >= 15 is 0 Å². The highest BCUT2D eigenvalue weighted by molar-refractivity contribution is 7.91. The van der Waals surface area contributed by atoms with Crippen LogP contribution in [0.5, 0.6) is 0 Å². The summed E-state index contributed by atoms with van der Waals surface area (Å²) >= 11 is 0. The Kier molecular flexibility index (Phi) is 4.18. The van der Waals surface area contributed by atoms with Crippen molar-refractivity contribution >= 4 is 15.9 Å². The van der Waals surface area contributed by atoms with Gasteiger partial charge in [-0.15, -0.1) is 0 Å². The van der Waals surface area contributed by atoms with Crippen LogP contribution >= 0.6 is 0 Å². The summed E-state index contributed by atoms with van der Waals surface area (Å²) in [6, 6.07) is 14.1. The highest BCUT2D eigenvalue weighted by Crippen LogP contribution is 2.21. The van der Waals surface area contributed by atoms with Crippen molar-refractivity contribution in [1.29, 1.82) is 0 Å². The van der Waals surface area contributed by atoms with Gasteiger partial charge in [0.25, 0.3) is 0 Å². The van der Waals surface area contributed by atoms with Crippen LogP contribution in [-0.2, 0) is 9.84 Å². The average Bonchev–Trinajstić information content (AvgIpc) is 2.48. The first-order valence-corrected chi connectivity index (χ1v) is 7.62. The standard InChI is InChI=1S/C15H13NO4S/c1-12(16(17)18)11-13-7-9-15(10-8-13)21(19,20)14-5-3-2-4-6-14/h2-11H,1H3/b12-11+. The fourth-order valence-electron chi connectivity index (χ4n) is 1.77. The Morgan fingerprint density at radius 3 is 2.05 bits per heavy atom. The lowest BCUT2D eigenvalue weighted by Gasteiger charge is -2.04. The Morgan fingerprint density at radius 2 is 1.52 bits per heavy atom. The molecule has 21 heavy (non-hydrogen) atoms. The molecule has 0 aliphatic heterocycles. The number of benzene rings is 2. The Morgan fingerprint density at radius 1 is 1.00 bits per heavy atom. The summed E-state index contributed by atoms with van der Waals surface area (Å²) < 4.78 is 24.7. The van der Waals surface area contributed by atoms with E-state index in [-0.39, 0.29) is 15.5 Å². The molecular weight excluding hydrogens is 290 g/mol. The van der Waals surface area contributed by atoms with Crippen LogP contribution in [-0.4, -0.2) is 13.3 Å². The molecule has 0 N–H and O–H groups in total. The van der Waals surface area contributed by atoms with Crippen LogP contribution in [0.25, 0.3) is 6.08 Å². The molecule has 0 aliphatic carbocycles. The van der Waals surface area contributed by atoms with Crippen molar-refractivity contribution in [2.45, 2.75) is 16.7 Å². The van der Waals surface area contributed by atoms with Crippen molar-refractivity contribution in [3.63, 3.8) is 0 Å². The molecular formula is C15H13NO4S. The van der Waals surface area contributed by atoms with Gasteiger partial charge in [0.1, 0.15) is 0 Å². The van der Waals surface area contributed by atoms with Crippen molar-refractivity contribution in [3.8, 4) is 0 Å². The molecule has 0 fully saturated rings. The van der Waals surface area contributed by atoms with Gasteiger partial charge in [-0.05, 0) is 29.8 Å². The topological polar surface area (TPSA) is 77.3 Å². The van der Waals surface area contributed by atoms with Crippen LogP contribution in [0.4, 0.5) is 0 Å². The molecule has 2 aromatic carbocycles. The zero-order valence-electron chi connectivity index (χ0n) is 11.3. The number of rotatable bonds is 4. The highest BCUT2D eigenvalue weighted by atomic mass is 32.2. The molecule has 0 unspecified atom stereocenters. The first-order chi connectivity index (χ1) is 9.91. The first-order valence-electron chi connectivity index (χ1n) is 6.14. The van der Waals surface area contributed by atoms with Gasteiger partial charge in [0.2, 0.25) is 15.5 Å². The SMILES string of the molecule is C/C(=C\c1ccc(S(=O)(=O)c2ccccc2)cc1)[N+](=O)[O-]. The quantitative estimate of drug-likeness (QED) is 0.642. The molecule has 108 valence electrons. The van der Waals surface area contributed by atoms with E-state index in [0.717, 1.165) is 0 Å². The van der Waals surface area contributed by atoms with Crippen molar-refractivity contribution in [1.82, 2.24) is 0 Å². The molecule has 0 heterocycles. The van der Waals surface area contributed by atoms with E-state index in [1.54, 1.807) is 30.3 Å². The normalized spacial score (nSPS) is 12.1. The number of sulfone groups is 1.